The van der Waals surface area contributed by atoms with E-state index in [2.05, 4.69) is 9.97 Å². The van der Waals surface area contributed by atoms with Crippen LogP contribution in [0.2, 0.25) is 5.15 Å². The normalized spacial score (nSPS) is 10.1. The third-order valence-electron chi connectivity index (χ3n) is 1.97. The summed E-state index contributed by atoms with van der Waals surface area (Å²) in [6.07, 6.45) is 2.97. The first-order valence-electron chi connectivity index (χ1n) is 4.64. The van der Waals surface area contributed by atoms with Crippen molar-refractivity contribution in [2.45, 2.75) is 6.61 Å². The predicted octanol–water partition coefficient (Wildman–Crippen LogP) is 2.41. The molecule has 0 atom stereocenters. The summed E-state index contributed by atoms with van der Waals surface area (Å²) in [4.78, 5) is 7.80. The zero-order chi connectivity index (χ0) is 11.4. The van der Waals surface area contributed by atoms with E-state index in [-0.39, 0.29) is 17.6 Å². The van der Waals surface area contributed by atoms with Crippen LogP contribution in [0.4, 0.5) is 0 Å². The summed E-state index contributed by atoms with van der Waals surface area (Å²) in [5.41, 5.74) is 0.671. The lowest BCUT2D eigenvalue weighted by Gasteiger charge is -2.08. The van der Waals surface area contributed by atoms with Gasteiger partial charge in [-0.15, -0.1) is 0 Å². The average molecular weight is 237 g/mol. The number of hydrogen-bond acceptors (Lipinski definition) is 4. The number of para-hydroxylation sites is 1. The van der Waals surface area contributed by atoms with Crippen LogP contribution in [0.5, 0.6) is 11.6 Å². The van der Waals surface area contributed by atoms with Crippen LogP contribution in [0, 0.1) is 0 Å². The molecule has 2 rings (SSSR count). The number of benzene rings is 1. The quantitative estimate of drug-likeness (QED) is 0.889. The van der Waals surface area contributed by atoms with Crippen molar-refractivity contribution < 1.29 is 9.84 Å². The molecule has 1 N–H and O–H groups in total. The second-order valence-corrected chi connectivity index (χ2v) is 3.38. The van der Waals surface area contributed by atoms with Crippen LogP contribution in [-0.2, 0) is 6.61 Å². The zero-order valence-electron chi connectivity index (χ0n) is 8.30. The lowest BCUT2D eigenvalue weighted by Crippen LogP contribution is -1.94. The minimum atomic E-state index is -0.103. The van der Waals surface area contributed by atoms with Crippen LogP contribution < -0.4 is 4.74 Å². The minimum Gasteiger partial charge on any atom is -0.436 e. The molecule has 1 aromatic carbocycles. The lowest BCUT2D eigenvalue weighted by atomic mass is 10.2. The first-order chi connectivity index (χ1) is 7.81. The molecule has 4 nitrogen and oxygen atoms in total. The van der Waals surface area contributed by atoms with Crippen molar-refractivity contribution in [2.24, 2.45) is 0 Å². The Labute approximate surface area is 97.5 Å². The molecule has 0 aliphatic carbocycles. The van der Waals surface area contributed by atoms with Gasteiger partial charge in [0.05, 0.1) is 6.61 Å². The maximum absolute atomic E-state index is 9.12. The fourth-order valence-corrected chi connectivity index (χ4v) is 1.36. The highest BCUT2D eigenvalue weighted by molar-refractivity contribution is 6.30. The number of nitrogens with zero attached hydrogens (tertiary/aromatic N) is 2. The van der Waals surface area contributed by atoms with Crippen LogP contribution in [0.1, 0.15) is 5.56 Å². The molecule has 5 heteroatoms. The number of hydrogen-bond donors (Lipinski definition) is 1. The van der Waals surface area contributed by atoms with E-state index in [1.54, 1.807) is 18.2 Å². The van der Waals surface area contributed by atoms with E-state index in [1.165, 1.54) is 12.4 Å². The van der Waals surface area contributed by atoms with Crippen molar-refractivity contribution in [3.63, 3.8) is 0 Å². The van der Waals surface area contributed by atoms with Crippen LogP contribution in [0.15, 0.2) is 36.7 Å². The van der Waals surface area contributed by atoms with Crippen molar-refractivity contribution in [3.05, 3.63) is 47.4 Å². The van der Waals surface area contributed by atoms with Gasteiger partial charge in [0.25, 0.3) is 5.88 Å². The fraction of sp³-hybridized carbons (Fsp3) is 0.0909. The number of ether oxygens (including phenoxy) is 1. The van der Waals surface area contributed by atoms with Gasteiger partial charge in [0.2, 0.25) is 0 Å². The number of aromatic nitrogens is 2. The molecule has 82 valence electrons. The minimum absolute atomic E-state index is 0.103. The summed E-state index contributed by atoms with van der Waals surface area (Å²) in [5, 5.41) is 9.31. The van der Waals surface area contributed by atoms with E-state index in [0.717, 1.165) is 0 Å². The number of halogens is 1. The summed E-state index contributed by atoms with van der Waals surface area (Å²) >= 11 is 5.81. The molecule has 0 aliphatic heterocycles. The van der Waals surface area contributed by atoms with Gasteiger partial charge < -0.3 is 9.84 Å². The smallest absolute Gasteiger partial charge is 0.257 e. The maximum Gasteiger partial charge on any atom is 0.257 e. The Hall–Kier alpha value is -1.65. The van der Waals surface area contributed by atoms with Crippen LogP contribution >= 0.6 is 11.6 Å². The number of rotatable bonds is 3. The third-order valence-corrected chi connectivity index (χ3v) is 2.23. The summed E-state index contributed by atoms with van der Waals surface area (Å²) in [7, 11) is 0. The van der Waals surface area contributed by atoms with Gasteiger partial charge in [-0.05, 0) is 6.07 Å². The van der Waals surface area contributed by atoms with Crippen molar-refractivity contribution in [3.8, 4) is 11.6 Å². The van der Waals surface area contributed by atoms with E-state index in [4.69, 9.17) is 21.4 Å². The largest absolute Gasteiger partial charge is 0.436 e. The Morgan fingerprint density at radius 3 is 2.69 bits per heavy atom. The molecule has 2 aromatic rings. The molecule has 0 unspecified atom stereocenters. The van der Waals surface area contributed by atoms with Gasteiger partial charge in [-0.3, -0.25) is 0 Å². The molecule has 0 saturated carbocycles. The van der Waals surface area contributed by atoms with Crippen LogP contribution in [0.3, 0.4) is 0 Å². The first kappa shape index (κ1) is 10.9. The van der Waals surface area contributed by atoms with E-state index >= 15 is 0 Å². The topological polar surface area (TPSA) is 55.2 Å². The van der Waals surface area contributed by atoms with Gasteiger partial charge in [-0.1, -0.05) is 29.8 Å². The average Bonchev–Trinajstić information content (AvgIpc) is 2.33. The monoisotopic (exact) mass is 236 g/mol. The summed E-state index contributed by atoms with van der Waals surface area (Å²) in [6.45, 7) is -0.103. The SMILES string of the molecule is OCc1ccccc1Oc1nccnc1Cl. The van der Waals surface area contributed by atoms with Gasteiger partial charge in [-0.2, -0.15) is 0 Å². The van der Waals surface area contributed by atoms with Crippen molar-refractivity contribution in [1.29, 1.82) is 0 Å². The molecule has 0 aliphatic rings. The van der Waals surface area contributed by atoms with E-state index in [1.807, 2.05) is 6.07 Å². The van der Waals surface area contributed by atoms with Crippen LogP contribution in [-0.4, -0.2) is 15.1 Å². The second-order valence-electron chi connectivity index (χ2n) is 3.02. The van der Waals surface area contributed by atoms with E-state index < -0.39 is 0 Å². The predicted molar refractivity (Wildman–Crippen MR) is 59.5 cm³/mol. The number of aliphatic hydroxyl groups is 1. The third kappa shape index (κ3) is 2.29. The van der Waals surface area contributed by atoms with Crippen molar-refractivity contribution >= 4 is 11.6 Å². The molecule has 16 heavy (non-hydrogen) atoms. The second kappa shape index (κ2) is 4.92. The molecular weight excluding hydrogens is 228 g/mol. The van der Waals surface area contributed by atoms with Gasteiger partial charge >= 0.3 is 0 Å². The summed E-state index contributed by atoms with van der Waals surface area (Å²) in [5.74, 6) is 0.748. The Morgan fingerprint density at radius 1 is 1.19 bits per heavy atom. The molecular formula is C11H9ClN2O2. The van der Waals surface area contributed by atoms with Crippen molar-refractivity contribution in [2.75, 3.05) is 0 Å². The highest BCUT2D eigenvalue weighted by atomic mass is 35.5. The Kier molecular flexibility index (Phi) is 3.34. The molecule has 0 radical (unpaired) electrons. The summed E-state index contributed by atoms with van der Waals surface area (Å²) in [6, 6.07) is 7.12. The van der Waals surface area contributed by atoms with Gasteiger partial charge in [0, 0.05) is 18.0 Å². The maximum atomic E-state index is 9.12. The number of aliphatic hydroxyl groups excluding tert-OH is 1. The molecule has 0 fully saturated rings. The summed E-state index contributed by atoms with van der Waals surface area (Å²) < 4.78 is 5.47. The van der Waals surface area contributed by atoms with E-state index in [0.29, 0.717) is 11.3 Å². The molecule has 0 bridgehead atoms. The highest BCUT2D eigenvalue weighted by Crippen LogP contribution is 2.27. The molecule has 1 heterocycles. The zero-order valence-corrected chi connectivity index (χ0v) is 9.05. The first-order valence-corrected chi connectivity index (χ1v) is 5.02. The molecule has 0 amide bonds. The Balaban J connectivity index is 2.30. The molecule has 1 aromatic heterocycles. The Bertz CT molecular complexity index is 491. The molecule has 0 saturated heterocycles. The van der Waals surface area contributed by atoms with Gasteiger partial charge in [-0.25, -0.2) is 9.97 Å². The lowest BCUT2D eigenvalue weighted by molar-refractivity contribution is 0.276. The standard InChI is InChI=1S/C11H9ClN2O2/c12-10-11(14-6-5-13-10)16-9-4-2-1-3-8(9)7-15/h1-6,15H,7H2. The van der Waals surface area contributed by atoms with Gasteiger partial charge in [0.15, 0.2) is 5.15 Å². The molecule has 0 spiro atoms. The highest BCUT2D eigenvalue weighted by Gasteiger charge is 2.07. The van der Waals surface area contributed by atoms with Crippen molar-refractivity contribution in [1.82, 2.24) is 9.97 Å². The fourth-order valence-electron chi connectivity index (χ4n) is 1.21. The Morgan fingerprint density at radius 2 is 1.94 bits per heavy atom. The van der Waals surface area contributed by atoms with E-state index in [9.17, 15) is 0 Å². The van der Waals surface area contributed by atoms with Gasteiger partial charge in [0.1, 0.15) is 5.75 Å². The van der Waals surface area contributed by atoms with Crippen LogP contribution in [0.25, 0.3) is 0 Å².